The lowest BCUT2D eigenvalue weighted by Gasteiger charge is -2.36. The summed E-state index contributed by atoms with van der Waals surface area (Å²) in [5.74, 6) is -2.17. The Morgan fingerprint density at radius 3 is 2.62 bits per heavy atom. The van der Waals surface area contributed by atoms with Crippen LogP contribution < -0.4 is 0 Å². The number of hydrogen-bond donors (Lipinski definition) is 1. The molecule has 1 aliphatic rings. The standard InChI is InChI=1S/C13H17FN2O4S/c1-9-8-16(6-5-15(9)2)21(19,20)12-7-10(14)3-4-11(12)13(17)18/h3-4,7,9H,5-6,8H2,1-2H3,(H,17,18). The summed E-state index contributed by atoms with van der Waals surface area (Å²) in [7, 11) is -2.14. The van der Waals surface area contributed by atoms with E-state index in [0.717, 1.165) is 18.2 Å². The Balaban J connectivity index is 2.45. The van der Waals surface area contributed by atoms with Gasteiger partial charge in [-0.3, -0.25) is 0 Å². The van der Waals surface area contributed by atoms with Crippen molar-refractivity contribution in [3.63, 3.8) is 0 Å². The lowest BCUT2D eigenvalue weighted by atomic mass is 10.2. The Morgan fingerprint density at radius 1 is 1.38 bits per heavy atom. The minimum atomic E-state index is -4.03. The van der Waals surface area contributed by atoms with Crippen LogP contribution in [-0.2, 0) is 10.0 Å². The largest absolute Gasteiger partial charge is 0.478 e. The fourth-order valence-corrected chi connectivity index (χ4v) is 3.97. The molecule has 2 rings (SSSR count). The maximum Gasteiger partial charge on any atom is 0.337 e. The van der Waals surface area contributed by atoms with Crippen LogP contribution in [0.15, 0.2) is 23.1 Å². The molecule has 0 spiro atoms. The zero-order valence-electron chi connectivity index (χ0n) is 11.8. The van der Waals surface area contributed by atoms with E-state index in [1.807, 2.05) is 18.9 Å². The molecule has 1 aromatic carbocycles. The highest BCUT2D eigenvalue weighted by atomic mass is 32.2. The molecule has 1 saturated heterocycles. The molecular formula is C13H17FN2O4S. The molecular weight excluding hydrogens is 299 g/mol. The quantitative estimate of drug-likeness (QED) is 0.894. The molecule has 0 aliphatic carbocycles. The molecule has 6 nitrogen and oxygen atoms in total. The average molecular weight is 316 g/mol. The van der Waals surface area contributed by atoms with E-state index in [-0.39, 0.29) is 19.1 Å². The first-order valence-corrected chi connectivity index (χ1v) is 7.90. The van der Waals surface area contributed by atoms with Crippen LogP contribution >= 0.6 is 0 Å². The SMILES string of the molecule is CC1CN(S(=O)(=O)c2cc(F)ccc2C(=O)O)CCN1C. The number of likely N-dealkylation sites (N-methyl/N-ethyl adjacent to an activating group) is 1. The van der Waals surface area contributed by atoms with Crippen molar-refractivity contribution in [3.05, 3.63) is 29.6 Å². The van der Waals surface area contributed by atoms with Crippen molar-refractivity contribution in [1.82, 2.24) is 9.21 Å². The summed E-state index contributed by atoms with van der Waals surface area (Å²) >= 11 is 0. The van der Waals surface area contributed by atoms with Crippen LogP contribution in [-0.4, -0.2) is 61.4 Å². The first-order chi connectivity index (χ1) is 9.73. The Morgan fingerprint density at radius 2 is 2.05 bits per heavy atom. The van der Waals surface area contributed by atoms with E-state index in [1.54, 1.807) is 0 Å². The van der Waals surface area contributed by atoms with Crippen molar-refractivity contribution >= 4 is 16.0 Å². The number of sulfonamides is 1. The van der Waals surface area contributed by atoms with E-state index in [1.165, 1.54) is 4.31 Å². The number of piperazine rings is 1. The molecule has 21 heavy (non-hydrogen) atoms. The molecule has 8 heteroatoms. The van der Waals surface area contributed by atoms with Crippen molar-refractivity contribution in [1.29, 1.82) is 0 Å². The zero-order chi connectivity index (χ0) is 15.8. The van der Waals surface area contributed by atoms with Gasteiger partial charge in [0.05, 0.1) is 10.5 Å². The molecule has 1 atom stereocenters. The number of aromatic carboxylic acids is 1. The number of carboxylic acid groups (broad SMARTS) is 1. The first kappa shape index (κ1) is 15.9. The van der Waals surface area contributed by atoms with Crippen molar-refractivity contribution in [2.24, 2.45) is 0 Å². The lowest BCUT2D eigenvalue weighted by Crippen LogP contribution is -2.52. The maximum atomic E-state index is 13.4. The van der Waals surface area contributed by atoms with Crippen molar-refractivity contribution in [3.8, 4) is 0 Å². The van der Waals surface area contributed by atoms with Crippen LogP contribution in [0.2, 0.25) is 0 Å². The number of benzene rings is 1. The average Bonchev–Trinajstić information content (AvgIpc) is 2.41. The fraction of sp³-hybridized carbons (Fsp3) is 0.462. The van der Waals surface area contributed by atoms with Gasteiger partial charge in [-0.15, -0.1) is 0 Å². The summed E-state index contributed by atoms with van der Waals surface area (Å²) < 4.78 is 39.8. The molecule has 0 radical (unpaired) electrons. The van der Waals surface area contributed by atoms with Gasteiger partial charge in [-0.05, 0) is 32.2 Å². The molecule has 1 aliphatic heterocycles. The van der Waals surface area contributed by atoms with E-state index in [0.29, 0.717) is 6.54 Å². The second-order valence-corrected chi connectivity index (χ2v) is 7.04. The smallest absolute Gasteiger partial charge is 0.337 e. The van der Waals surface area contributed by atoms with Gasteiger partial charge in [0.15, 0.2) is 0 Å². The lowest BCUT2D eigenvalue weighted by molar-refractivity contribution is 0.0692. The number of rotatable bonds is 3. The van der Waals surface area contributed by atoms with Gasteiger partial charge in [-0.2, -0.15) is 4.31 Å². The third-order valence-electron chi connectivity index (χ3n) is 3.71. The number of hydrogen-bond acceptors (Lipinski definition) is 4. The normalized spacial score (nSPS) is 21.4. The van der Waals surface area contributed by atoms with Crippen LogP contribution in [0, 0.1) is 5.82 Å². The summed E-state index contributed by atoms with van der Waals surface area (Å²) in [6, 6.07) is 2.69. The molecule has 1 aromatic rings. The van der Waals surface area contributed by atoms with Crippen LogP contribution in [0.3, 0.4) is 0 Å². The molecule has 0 saturated carbocycles. The highest BCUT2D eigenvalue weighted by Crippen LogP contribution is 2.23. The van der Waals surface area contributed by atoms with Gasteiger partial charge in [0.2, 0.25) is 10.0 Å². The topological polar surface area (TPSA) is 77.9 Å². The maximum absolute atomic E-state index is 13.4. The van der Waals surface area contributed by atoms with Crippen LogP contribution in [0.4, 0.5) is 4.39 Å². The van der Waals surface area contributed by atoms with Gasteiger partial charge in [-0.25, -0.2) is 17.6 Å². The summed E-state index contributed by atoms with van der Waals surface area (Å²) in [4.78, 5) is 12.7. The highest BCUT2D eigenvalue weighted by Gasteiger charge is 2.33. The summed E-state index contributed by atoms with van der Waals surface area (Å²) in [6.45, 7) is 2.91. The molecule has 0 aromatic heterocycles. The second-order valence-electron chi connectivity index (χ2n) is 5.14. The molecule has 0 bridgehead atoms. The monoisotopic (exact) mass is 316 g/mol. The minimum absolute atomic E-state index is 0.00959. The van der Waals surface area contributed by atoms with Crippen LogP contribution in [0.5, 0.6) is 0 Å². The number of carboxylic acids is 1. The Labute approximate surface area is 122 Å². The van der Waals surface area contributed by atoms with Crippen molar-refractivity contribution < 1.29 is 22.7 Å². The van der Waals surface area contributed by atoms with Crippen molar-refractivity contribution in [2.75, 3.05) is 26.7 Å². The van der Waals surface area contributed by atoms with Gasteiger partial charge in [0.1, 0.15) is 5.82 Å². The van der Waals surface area contributed by atoms with Gasteiger partial charge < -0.3 is 10.0 Å². The molecule has 1 fully saturated rings. The summed E-state index contributed by atoms with van der Waals surface area (Å²) in [5, 5.41) is 9.10. The fourth-order valence-electron chi connectivity index (χ4n) is 2.26. The van der Waals surface area contributed by atoms with E-state index < -0.39 is 32.3 Å². The van der Waals surface area contributed by atoms with Crippen molar-refractivity contribution in [2.45, 2.75) is 17.9 Å². The molecule has 1 N–H and O–H groups in total. The van der Waals surface area contributed by atoms with Gasteiger partial charge in [0, 0.05) is 25.7 Å². The van der Waals surface area contributed by atoms with Gasteiger partial charge in [0.25, 0.3) is 0 Å². The number of halogens is 1. The second kappa shape index (κ2) is 5.70. The number of nitrogens with zero attached hydrogens (tertiary/aromatic N) is 2. The Hall–Kier alpha value is -1.51. The Kier molecular flexibility index (Phi) is 4.31. The first-order valence-electron chi connectivity index (χ1n) is 6.46. The predicted molar refractivity (Wildman–Crippen MR) is 74.2 cm³/mol. The zero-order valence-corrected chi connectivity index (χ0v) is 12.6. The molecule has 1 heterocycles. The highest BCUT2D eigenvalue weighted by molar-refractivity contribution is 7.89. The van der Waals surface area contributed by atoms with Gasteiger partial charge in [-0.1, -0.05) is 0 Å². The molecule has 116 valence electrons. The minimum Gasteiger partial charge on any atom is -0.478 e. The Bertz CT molecular complexity index is 662. The number of carbonyl (C=O) groups is 1. The van der Waals surface area contributed by atoms with Crippen LogP contribution in [0.25, 0.3) is 0 Å². The molecule has 1 unspecified atom stereocenters. The van der Waals surface area contributed by atoms with Crippen LogP contribution in [0.1, 0.15) is 17.3 Å². The summed E-state index contributed by atoms with van der Waals surface area (Å²) in [5.41, 5.74) is -0.414. The van der Waals surface area contributed by atoms with E-state index >= 15 is 0 Å². The molecule has 0 amide bonds. The summed E-state index contributed by atoms with van der Waals surface area (Å²) in [6.07, 6.45) is 0. The van der Waals surface area contributed by atoms with Gasteiger partial charge >= 0.3 is 5.97 Å². The van der Waals surface area contributed by atoms with E-state index in [2.05, 4.69) is 0 Å². The third-order valence-corrected chi connectivity index (χ3v) is 5.62. The third kappa shape index (κ3) is 3.07. The predicted octanol–water partition coefficient (Wildman–Crippen LogP) is 0.849. The van der Waals surface area contributed by atoms with E-state index in [4.69, 9.17) is 5.11 Å². The van der Waals surface area contributed by atoms with E-state index in [9.17, 15) is 17.6 Å².